The Morgan fingerprint density at radius 2 is 1.48 bits per heavy atom. The summed E-state index contributed by atoms with van der Waals surface area (Å²) in [6.45, 7) is 4.16. The highest BCUT2D eigenvalue weighted by Gasteiger charge is 2.49. The van der Waals surface area contributed by atoms with E-state index in [1.807, 2.05) is 12.1 Å². The van der Waals surface area contributed by atoms with E-state index < -0.39 is 22.0 Å². The van der Waals surface area contributed by atoms with E-state index in [0.717, 1.165) is 31.2 Å². The minimum atomic E-state index is -3.95. The number of carbonyl (C=O) groups is 2. The summed E-state index contributed by atoms with van der Waals surface area (Å²) in [5.41, 5.74) is 1.61. The van der Waals surface area contributed by atoms with Crippen LogP contribution in [0.25, 0.3) is 0 Å². The number of benzene rings is 2. The maximum absolute atomic E-state index is 13.8. The van der Waals surface area contributed by atoms with Gasteiger partial charge in [0, 0.05) is 6.04 Å². The Labute approximate surface area is 196 Å². The molecule has 2 fully saturated rings. The van der Waals surface area contributed by atoms with Crippen molar-refractivity contribution in [3.8, 4) is 0 Å². The molecule has 7 heteroatoms. The summed E-state index contributed by atoms with van der Waals surface area (Å²) >= 11 is 0. The lowest BCUT2D eigenvalue weighted by atomic mass is 10.0. The molecule has 176 valence electrons. The van der Waals surface area contributed by atoms with Crippen molar-refractivity contribution in [2.45, 2.75) is 81.7 Å². The number of hydrogen-bond donors (Lipinski definition) is 0. The normalized spacial score (nSPS) is 20.6. The van der Waals surface area contributed by atoms with Crippen LogP contribution in [0.1, 0.15) is 70.3 Å². The molecule has 2 aliphatic rings. The summed E-state index contributed by atoms with van der Waals surface area (Å²) in [7, 11) is -3.95. The van der Waals surface area contributed by atoms with Gasteiger partial charge in [0.25, 0.3) is 5.91 Å². The van der Waals surface area contributed by atoms with Crippen LogP contribution in [-0.4, -0.2) is 36.6 Å². The highest BCUT2D eigenvalue weighted by molar-refractivity contribution is 7.89. The zero-order valence-corrected chi connectivity index (χ0v) is 20.1. The molecule has 2 amide bonds. The van der Waals surface area contributed by atoms with E-state index in [9.17, 15) is 18.0 Å². The number of hydrogen-bond acceptors (Lipinski definition) is 4. The van der Waals surface area contributed by atoms with Crippen LogP contribution in [0.4, 0.5) is 5.69 Å². The third-order valence-electron chi connectivity index (χ3n) is 6.75. The Bertz CT molecular complexity index is 1090. The summed E-state index contributed by atoms with van der Waals surface area (Å²) in [6.07, 6.45) is 5.22. The zero-order chi connectivity index (χ0) is 23.6. The predicted octanol–water partition coefficient (Wildman–Crippen LogP) is 4.86. The summed E-state index contributed by atoms with van der Waals surface area (Å²) in [5.74, 6) is -0.483. The third-order valence-corrected chi connectivity index (χ3v) is 8.73. The molecule has 0 aromatic heterocycles. The van der Waals surface area contributed by atoms with Crippen LogP contribution < -0.4 is 4.90 Å². The smallest absolute Gasteiger partial charge is 0.252 e. The van der Waals surface area contributed by atoms with Gasteiger partial charge in [0.2, 0.25) is 15.9 Å². The first-order valence-electron chi connectivity index (χ1n) is 11.9. The van der Waals surface area contributed by atoms with E-state index in [-0.39, 0.29) is 23.3 Å². The molecule has 0 N–H and O–H groups in total. The molecule has 1 saturated carbocycles. The molecule has 0 radical (unpaired) electrons. The van der Waals surface area contributed by atoms with Gasteiger partial charge in [0.05, 0.1) is 17.0 Å². The van der Waals surface area contributed by atoms with Gasteiger partial charge in [-0.3, -0.25) is 9.59 Å². The molecule has 33 heavy (non-hydrogen) atoms. The topological polar surface area (TPSA) is 74.8 Å². The van der Waals surface area contributed by atoms with Crippen LogP contribution in [-0.2, 0) is 19.6 Å². The minimum Gasteiger partial charge on any atom is -0.274 e. The molecule has 0 bridgehead atoms. The van der Waals surface area contributed by atoms with Gasteiger partial charge in [-0.25, -0.2) is 13.3 Å². The first-order valence-corrected chi connectivity index (χ1v) is 13.3. The number of nitrogens with zero attached hydrogens (tertiary/aromatic N) is 2. The molecule has 2 aromatic carbocycles. The molecular weight excluding hydrogens is 436 g/mol. The average molecular weight is 469 g/mol. The standard InChI is InChI=1S/C26H32N2O4S/c1-19(2)20-14-16-21(17-15-20)27-25(29)18-24(26(27)30)28(22-10-6-3-4-7-11-22)33(31,32)23-12-8-5-9-13-23/h5,8-9,12-17,19,22,24H,3-4,6-7,10-11,18H2,1-2H3. The maximum Gasteiger partial charge on any atom is 0.252 e. The van der Waals surface area contributed by atoms with Crippen molar-refractivity contribution < 1.29 is 18.0 Å². The Kier molecular flexibility index (Phi) is 7.00. The predicted molar refractivity (Wildman–Crippen MR) is 128 cm³/mol. The van der Waals surface area contributed by atoms with E-state index in [1.165, 1.54) is 9.21 Å². The van der Waals surface area contributed by atoms with Crippen LogP contribution in [0, 0.1) is 0 Å². The second kappa shape index (κ2) is 9.77. The Hall–Kier alpha value is -2.51. The molecule has 1 aliphatic heterocycles. The van der Waals surface area contributed by atoms with E-state index in [0.29, 0.717) is 24.4 Å². The van der Waals surface area contributed by atoms with Crippen molar-refractivity contribution in [3.63, 3.8) is 0 Å². The van der Waals surface area contributed by atoms with Crippen molar-refractivity contribution in [1.29, 1.82) is 0 Å². The van der Waals surface area contributed by atoms with E-state index in [1.54, 1.807) is 42.5 Å². The summed E-state index contributed by atoms with van der Waals surface area (Å²) in [4.78, 5) is 27.9. The van der Waals surface area contributed by atoms with Crippen LogP contribution in [0.15, 0.2) is 59.5 Å². The molecule has 4 rings (SSSR count). The first-order chi connectivity index (χ1) is 15.8. The van der Waals surface area contributed by atoms with Crippen molar-refractivity contribution in [3.05, 3.63) is 60.2 Å². The monoisotopic (exact) mass is 468 g/mol. The second-order valence-corrected chi connectivity index (χ2v) is 11.2. The molecule has 1 aliphatic carbocycles. The molecule has 1 unspecified atom stereocenters. The molecule has 1 atom stereocenters. The molecule has 2 aromatic rings. The van der Waals surface area contributed by atoms with Gasteiger partial charge >= 0.3 is 0 Å². The van der Waals surface area contributed by atoms with Crippen molar-refractivity contribution in [2.75, 3.05) is 4.90 Å². The van der Waals surface area contributed by atoms with Gasteiger partial charge in [-0.1, -0.05) is 69.9 Å². The summed E-state index contributed by atoms with van der Waals surface area (Å²) in [6, 6.07) is 14.3. The molecule has 6 nitrogen and oxygen atoms in total. The largest absolute Gasteiger partial charge is 0.274 e. The zero-order valence-electron chi connectivity index (χ0n) is 19.3. The Morgan fingerprint density at radius 3 is 2.06 bits per heavy atom. The second-order valence-electron chi connectivity index (χ2n) is 9.33. The SMILES string of the molecule is CC(C)c1ccc(N2C(=O)CC(N(C3CCCCCC3)S(=O)(=O)c3ccccc3)C2=O)cc1. The first kappa shape index (κ1) is 23.6. The summed E-state index contributed by atoms with van der Waals surface area (Å²) < 4.78 is 29.0. The van der Waals surface area contributed by atoms with Gasteiger partial charge in [-0.15, -0.1) is 0 Å². The lowest BCUT2D eigenvalue weighted by Gasteiger charge is -2.33. The number of amides is 2. The highest BCUT2D eigenvalue weighted by atomic mass is 32.2. The van der Waals surface area contributed by atoms with E-state index in [4.69, 9.17) is 0 Å². The lowest BCUT2D eigenvalue weighted by Crippen LogP contribution is -2.50. The number of sulfonamides is 1. The van der Waals surface area contributed by atoms with Crippen molar-refractivity contribution in [2.24, 2.45) is 0 Å². The van der Waals surface area contributed by atoms with Crippen LogP contribution in [0.3, 0.4) is 0 Å². The van der Waals surface area contributed by atoms with Gasteiger partial charge in [0.15, 0.2) is 0 Å². The molecular formula is C26H32N2O4S. The molecule has 1 saturated heterocycles. The maximum atomic E-state index is 13.8. The van der Waals surface area contributed by atoms with Crippen LogP contribution in [0.5, 0.6) is 0 Å². The number of anilines is 1. The number of rotatable bonds is 6. The fourth-order valence-corrected chi connectivity index (χ4v) is 6.79. The number of carbonyl (C=O) groups excluding carboxylic acids is 2. The average Bonchev–Trinajstić information content (AvgIpc) is 2.97. The van der Waals surface area contributed by atoms with Crippen molar-refractivity contribution >= 4 is 27.5 Å². The Morgan fingerprint density at radius 1 is 0.879 bits per heavy atom. The number of imide groups is 1. The van der Waals surface area contributed by atoms with Gasteiger partial charge in [-0.05, 0) is 48.6 Å². The molecule has 1 heterocycles. The van der Waals surface area contributed by atoms with Crippen LogP contribution in [0.2, 0.25) is 0 Å². The Balaban J connectivity index is 1.71. The highest BCUT2D eigenvalue weighted by Crippen LogP contribution is 2.35. The summed E-state index contributed by atoms with van der Waals surface area (Å²) in [5, 5.41) is 0. The van der Waals surface area contributed by atoms with E-state index in [2.05, 4.69) is 13.8 Å². The minimum absolute atomic E-state index is 0.132. The van der Waals surface area contributed by atoms with Crippen LogP contribution >= 0.6 is 0 Å². The molecule has 0 spiro atoms. The van der Waals surface area contributed by atoms with Crippen molar-refractivity contribution in [1.82, 2.24) is 4.31 Å². The fraction of sp³-hybridized carbons (Fsp3) is 0.462. The van der Waals surface area contributed by atoms with Gasteiger partial charge in [-0.2, -0.15) is 4.31 Å². The van der Waals surface area contributed by atoms with E-state index >= 15 is 0 Å². The van der Waals surface area contributed by atoms with Gasteiger partial charge in [0.1, 0.15) is 6.04 Å². The third kappa shape index (κ3) is 4.75. The quantitative estimate of drug-likeness (QED) is 0.448. The fourth-order valence-electron chi connectivity index (χ4n) is 4.94. The lowest BCUT2D eigenvalue weighted by molar-refractivity contribution is -0.122. The van der Waals surface area contributed by atoms with Gasteiger partial charge < -0.3 is 0 Å².